The Morgan fingerprint density at radius 1 is 1.10 bits per heavy atom. The van der Waals surface area contributed by atoms with E-state index in [9.17, 15) is 9.59 Å². The highest BCUT2D eigenvalue weighted by Crippen LogP contribution is 2.25. The number of H-pyrrole nitrogens is 2. The highest BCUT2D eigenvalue weighted by Gasteiger charge is 2.24. The Balaban J connectivity index is 1.88. The molecule has 1 fully saturated rings. The van der Waals surface area contributed by atoms with E-state index in [1.807, 2.05) is 12.1 Å². The van der Waals surface area contributed by atoms with Crippen LogP contribution in [0.4, 0.5) is 5.69 Å². The predicted octanol–water partition coefficient (Wildman–Crippen LogP) is 1.59. The molecular weight excluding hydrogens is 270 g/mol. The largest absolute Gasteiger partial charge is 0.380 e. The Kier molecular flexibility index (Phi) is 3.79. The van der Waals surface area contributed by atoms with Gasteiger partial charge in [0, 0.05) is 12.8 Å². The molecule has 1 aliphatic carbocycles. The van der Waals surface area contributed by atoms with Crippen molar-refractivity contribution in [2.75, 3.05) is 12.4 Å². The standard InChI is InChI=1S/C15H19N3O3/c1-21-13-5-3-2-4-11(13)16-9-6-7-10-12(8-9)18-15(20)14(19)17-10/h6-8,11,13,16H,2-5H2,1H3,(H,17,19)(H,18,20). The maximum absolute atomic E-state index is 11.4. The molecule has 1 aliphatic rings. The minimum Gasteiger partial charge on any atom is -0.380 e. The van der Waals surface area contributed by atoms with Crippen molar-refractivity contribution in [3.05, 3.63) is 38.9 Å². The van der Waals surface area contributed by atoms with E-state index in [1.165, 1.54) is 12.8 Å². The lowest BCUT2D eigenvalue weighted by Gasteiger charge is -2.31. The molecule has 2 aromatic rings. The van der Waals surface area contributed by atoms with Crippen LogP contribution in [0, 0.1) is 0 Å². The van der Waals surface area contributed by atoms with Crippen molar-refractivity contribution in [3.63, 3.8) is 0 Å². The number of hydrogen-bond acceptors (Lipinski definition) is 4. The summed E-state index contributed by atoms with van der Waals surface area (Å²) in [6, 6.07) is 5.81. The summed E-state index contributed by atoms with van der Waals surface area (Å²) in [5, 5.41) is 3.47. The first-order valence-electron chi connectivity index (χ1n) is 7.23. The molecule has 3 rings (SSSR count). The summed E-state index contributed by atoms with van der Waals surface area (Å²) in [6.45, 7) is 0. The predicted molar refractivity (Wildman–Crippen MR) is 81.9 cm³/mol. The summed E-state index contributed by atoms with van der Waals surface area (Å²) in [6.07, 6.45) is 4.73. The van der Waals surface area contributed by atoms with Gasteiger partial charge in [-0.05, 0) is 31.0 Å². The Hall–Kier alpha value is -2.08. The number of aromatic amines is 2. The summed E-state index contributed by atoms with van der Waals surface area (Å²) in [4.78, 5) is 27.8. The van der Waals surface area contributed by atoms with Crippen LogP contribution in [-0.2, 0) is 4.74 Å². The molecule has 6 heteroatoms. The number of rotatable bonds is 3. The van der Waals surface area contributed by atoms with E-state index in [4.69, 9.17) is 4.74 Å². The SMILES string of the molecule is COC1CCCCC1Nc1ccc2[nH]c(=O)c(=O)[nH]c2c1. The van der Waals surface area contributed by atoms with Crippen LogP contribution in [0.5, 0.6) is 0 Å². The van der Waals surface area contributed by atoms with Crippen molar-refractivity contribution in [1.82, 2.24) is 9.97 Å². The van der Waals surface area contributed by atoms with Crippen LogP contribution < -0.4 is 16.4 Å². The topological polar surface area (TPSA) is 87.0 Å². The first-order chi connectivity index (χ1) is 10.2. The van der Waals surface area contributed by atoms with Crippen LogP contribution in [0.2, 0.25) is 0 Å². The lowest BCUT2D eigenvalue weighted by Crippen LogP contribution is -2.37. The van der Waals surface area contributed by atoms with Gasteiger partial charge in [-0.15, -0.1) is 0 Å². The number of aromatic nitrogens is 2. The first kappa shape index (κ1) is 13.9. The molecular formula is C15H19N3O3. The smallest absolute Gasteiger partial charge is 0.314 e. The van der Waals surface area contributed by atoms with Gasteiger partial charge in [0.25, 0.3) is 0 Å². The fourth-order valence-corrected chi connectivity index (χ4v) is 2.96. The normalized spacial score (nSPS) is 22.3. The van der Waals surface area contributed by atoms with Crippen molar-refractivity contribution in [2.45, 2.75) is 37.8 Å². The molecule has 2 unspecified atom stereocenters. The van der Waals surface area contributed by atoms with Crippen molar-refractivity contribution >= 4 is 16.7 Å². The van der Waals surface area contributed by atoms with Gasteiger partial charge in [0.15, 0.2) is 0 Å². The monoisotopic (exact) mass is 289 g/mol. The van der Waals surface area contributed by atoms with Gasteiger partial charge >= 0.3 is 11.1 Å². The van der Waals surface area contributed by atoms with Crippen molar-refractivity contribution < 1.29 is 4.74 Å². The highest BCUT2D eigenvalue weighted by molar-refractivity contribution is 5.78. The van der Waals surface area contributed by atoms with Crippen LogP contribution in [0.3, 0.4) is 0 Å². The van der Waals surface area contributed by atoms with Gasteiger partial charge in [-0.1, -0.05) is 12.8 Å². The summed E-state index contributed by atoms with van der Waals surface area (Å²) < 4.78 is 5.53. The number of fused-ring (bicyclic) bond motifs is 1. The van der Waals surface area contributed by atoms with E-state index in [-0.39, 0.29) is 12.1 Å². The summed E-state index contributed by atoms with van der Waals surface area (Å²) in [5.74, 6) is 0. The maximum atomic E-state index is 11.4. The Morgan fingerprint density at radius 2 is 1.81 bits per heavy atom. The van der Waals surface area contributed by atoms with E-state index >= 15 is 0 Å². The van der Waals surface area contributed by atoms with Gasteiger partial charge in [0.05, 0.1) is 23.2 Å². The fourth-order valence-electron chi connectivity index (χ4n) is 2.96. The fraction of sp³-hybridized carbons (Fsp3) is 0.467. The van der Waals surface area contributed by atoms with Gasteiger partial charge < -0.3 is 20.0 Å². The van der Waals surface area contributed by atoms with Gasteiger partial charge in [0.1, 0.15) is 0 Å². The van der Waals surface area contributed by atoms with Crippen LogP contribution in [0.1, 0.15) is 25.7 Å². The third-order valence-electron chi connectivity index (χ3n) is 4.08. The van der Waals surface area contributed by atoms with Gasteiger partial charge in [-0.25, -0.2) is 0 Å². The number of methoxy groups -OCH3 is 1. The third kappa shape index (κ3) is 2.85. The van der Waals surface area contributed by atoms with Gasteiger partial charge in [0.2, 0.25) is 0 Å². The van der Waals surface area contributed by atoms with E-state index in [1.54, 1.807) is 13.2 Å². The third-order valence-corrected chi connectivity index (χ3v) is 4.08. The van der Waals surface area contributed by atoms with E-state index in [0.717, 1.165) is 18.5 Å². The van der Waals surface area contributed by atoms with Crippen LogP contribution in [-0.4, -0.2) is 29.2 Å². The minimum atomic E-state index is -0.632. The molecule has 1 saturated carbocycles. The molecule has 112 valence electrons. The van der Waals surface area contributed by atoms with E-state index < -0.39 is 11.1 Å². The summed E-state index contributed by atoms with van der Waals surface area (Å²) in [7, 11) is 1.74. The zero-order valence-electron chi connectivity index (χ0n) is 11.9. The zero-order valence-corrected chi connectivity index (χ0v) is 11.9. The molecule has 0 aliphatic heterocycles. The summed E-state index contributed by atoms with van der Waals surface area (Å²) >= 11 is 0. The Bertz CT molecular complexity index is 750. The molecule has 0 saturated heterocycles. The Morgan fingerprint density at radius 3 is 2.57 bits per heavy atom. The van der Waals surface area contributed by atoms with Crippen molar-refractivity contribution in [1.29, 1.82) is 0 Å². The maximum Gasteiger partial charge on any atom is 0.314 e. The second kappa shape index (κ2) is 5.73. The molecule has 1 heterocycles. The molecule has 1 aromatic heterocycles. The van der Waals surface area contributed by atoms with Crippen LogP contribution in [0.15, 0.2) is 27.8 Å². The summed E-state index contributed by atoms with van der Waals surface area (Å²) in [5.41, 5.74) is 0.896. The van der Waals surface area contributed by atoms with Crippen molar-refractivity contribution in [3.8, 4) is 0 Å². The second-order valence-corrected chi connectivity index (χ2v) is 5.48. The van der Waals surface area contributed by atoms with Crippen LogP contribution in [0.25, 0.3) is 11.0 Å². The first-order valence-corrected chi connectivity index (χ1v) is 7.23. The molecule has 0 bridgehead atoms. The van der Waals surface area contributed by atoms with E-state index in [0.29, 0.717) is 11.0 Å². The van der Waals surface area contributed by atoms with Gasteiger partial charge in [-0.2, -0.15) is 0 Å². The zero-order chi connectivity index (χ0) is 14.8. The highest BCUT2D eigenvalue weighted by atomic mass is 16.5. The lowest BCUT2D eigenvalue weighted by atomic mass is 9.92. The lowest BCUT2D eigenvalue weighted by molar-refractivity contribution is 0.0606. The van der Waals surface area contributed by atoms with Crippen molar-refractivity contribution in [2.24, 2.45) is 0 Å². The average molecular weight is 289 g/mol. The molecule has 21 heavy (non-hydrogen) atoms. The number of ether oxygens (including phenoxy) is 1. The number of nitrogens with one attached hydrogen (secondary N) is 3. The Labute approximate surface area is 121 Å². The second-order valence-electron chi connectivity index (χ2n) is 5.48. The number of benzene rings is 1. The van der Waals surface area contributed by atoms with E-state index in [2.05, 4.69) is 15.3 Å². The number of hydrogen-bond donors (Lipinski definition) is 3. The molecule has 0 radical (unpaired) electrons. The molecule has 0 spiro atoms. The molecule has 6 nitrogen and oxygen atoms in total. The molecule has 2 atom stereocenters. The number of anilines is 1. The molecule has 0 amide bonds. The van der Waals surface area contributed by atoms with Crippen LogP contribution >= 0.6 is 0 Å². The molecule has 1 aromatic carbocycles. The minimum absolute atomic E-state index is 0.212. The average Bonchev–Trinajstić information content (AvgIpc) is 2.49. The van der Waals surface area contributed by atoms with Gasteiger partial charge in [-0.3, -0.25) is 9.59 Å². The molecule has 3 N–H and O–H groups in total. The quantitative estimate of drug-likeness (QED) is 0.749.